The quantitative estimate of drug-likeness (QED) is 0.226. The summed E-state index contributed by atoms with van der Waals surface area (Å²) in [5, 5.41) is 28.1. The molecule has 10 nitrogen and oxygen atoms in total. The van der Waals surface area contributed by atoms with E-state index < -0.39 is 47.1 Å². The summed E-state index contributed by atoms with van der Waals surface area (Å²) in [7, 11) is 0. The van der Waals surface area contributed by atoms with Crippen molar-refractivity contribution in [2.24, 2.45) is 23.2 Å². The summed E-state index contributed by atoms with van der Waals surface area (Å²) >= 11 is 0. The van der Waals surface area contributed by atoms with Gasteiger partial charge in [-0.05, 0) is 48.2 Å². The van der Waals surface area contributed by atoms with Gasteiger partial charge in [-0.15, -0.1) is 0 Å². The number of allylic oxidation sites excluding steroid dienone is 1. The number of rotatable bonds is 7. The Bertz CT molecular complexity index is 1960. The van der Waals surface area contributed by atoms with Gasteiger partial charge in [0.05, 0.1) is 12.0 Å². The Morgan fingerprint density at radius 2 is 1.41 bits per heavy atom. The van der Waals surface area contributed by atoms with E-state index in [1.54, 1.807) is 6.08 Å². The fraction of sp³-hybridized carbons (Fsp3) is 0.410. The van der Waals surface area contributed by atoms with Crippen molar-refractivity contribution >= 4 is 11.5 Å². The van der Waals surface area contributed by atoms with E-state index in [1.807, 2.05) is 103 Å². The molecule has 49 heavy (non-hydrogen) atoms. The van der Waals surface area contributed by atoms with Crippen LogP contribution in [-0.2, 0) is 17.9 Å². The van der Waals surface area contributed by atoms with Crippen molar-refractivity contribution in [2.45, 2.75) is 76.0 Å². The molecule has 4 heterocycles. The van der Waals surface area contributed by atoms with Crippen LogP contribution in [-0.4, -0.2) is 54.8 Å². The number of benzene rings is 3. The number of nitro groups is 2. The van der Waals surface area contributed by atoms with Crippen LogP contribution in [0.1, 0.15) is 43.4 Å². The Kier molecular flexibility index (Phi) is 6.24. The average Bonchev–Trinajstić information content (AvgIpc) is 3.05. The maximum absolute atomic E-state index is 14.6. The molecule has 5 fully saturated rings. The molecule has 11 rings (SSSR count). The normalized spacial score (nSPS) is 34.8. The van der Waals surface area contributed by atoms with Gasteiger partial charge in [0.1, 0.15) is 12.0 Å². The highest BCUT2D eigenvalue weighted by Crippen LogP contribution is 2.75. The smallest absolute Gasteiger partial charge is 0.276 e. The fourth-order valence-corrected chi connectivity index (χ4v) is 11.1. The molecule has 0 amide bonds. The zero-order valence-corrected chi connectivity index (χ0v) is 27.8. The Hall–Kier alpha value is -4.83. The highest BCUT2D eigenvalue weighted by atomic mass is 16.6. The van der Waals surface area contributed by atoms with Crippen LogP contribution in [0.2, 0.25) is 0 Å². The van der Waals surface area contributed by atoms with E-state index in [2.05, 4.69) is 23.6 Å². The molecule has 3 saturated carbocycles. The van der Waals surface area contributed by atoms with Crippen LogP contribution in [0.15, 0.2) is 108 Å². The Balaban J connectivity index is 1.34. The lowest BCUT2D eigenvalue weighted by Crippen LogP contribution is -3.01. The SMILES string of the molecule is Cc1ccc(N2C3=C(C(=O)CC(C)(C)C3)[C@H]3[C@@H]4[C@@H]5N(Cc6ccccc6)C=C[C@@H]6[C@@]3([N+](=O)[O-])[C@H]2N(Cc2ccccc2)[C@H]4[C@@]65[N+](=O)[O-])cc1. The minimum absolute atomic E-state index is 0.0644. The standard InChI is InChI=1S/C39H39N5O5/c1-24-14-16-27(17-15-24)42-28-20-37(2,3)21-29(45)31(28)33-32-34-39(44(48)49)30(18-19-40(34)22-25-10-6-4-7-11-25)38(33,43(46)47)36(42)41(35(32)39)23-26-12-8-5-9-13-26/h4-19,30,32-36H,20-23H2,1-3H3/t30-,32-,33+,34+,35-,36+,38+,39-/m1/s1. The van der Waals surface area contributed by atoms with Crippen LogP contribution in [0.5, 0.6) is 0 Å². The molecular weight excluding hydrogens is 618 g/mol. The number of ketones is 1. The van der Waals surface area contributed by atoms with Crippen molar-refractivity contribution in [3.63, 3.8) is 0 Å². The third kappa shape index (κ3) is 3.72. The second-order valence-electron chi connectivity index (χ2n) is 15.7. The topological polar surface area (TPSA) is 113 Å². The molecule has 0 radical (unpaired) electrons. The van der Waals surface area contributed by atoms with E-state index in [9.17, 15) is 25.0 Å². The molecule has 0 spiro atoms. The predicted octanol–water partition coefficient (Wildman–Crippen LogP) is 5.97. The highest BCUT2D eigenvalue weighted by Gasteiger charge is 2.97. The Morgan fingerprint density at radius 1 is 0.796 bits per heavy atom. The Morgan fingerprint density at radius 3 is 2.02 bits per heavy atom. The monoisotopic (exact) mass is 657 g/mol. The molecule has 8 atom stereocenters. The lowest BCUT2D eigenvalue weighted by Gasteiger charge is -2.79. The molecule has 4 aliphatic heterocycles. The van der Waals surface area contributed by atoms with Gasteiger partial charge in [-0.2, -0.15) is 0 Å². The zero-order chi connectivity index (χ0) is 34.0. The van der Waals surface area contributed by atoms with E-state index in [0.717, 1.165) is 28.1 Å². The van der Waals surface area contributed by atoms with Crippen molar-refractivity contribution in [1.82, 2.24) is 9.80 Å². The van der Waals surface area contributed by atoms with Gasteiger partial charge < -0.3 is 9.80 Å². The summed E-state index contributed by atoms with van der Waals surface area (Å²) in [5.41, 5.74) is 1.31. The third-order valence-electron chi connectivity index (χ3n) is 12.6. The number of carbonyl (C=O) groups excluding carboxylic acids is 1. The minimum Gasteiger partial charge on any atom is -0.363 e. The van der Waals surface area contributed by atoms with Crippen LogP contribution in [0.4, 0.5) is 5.69 Å². The van der Waals surface area contributed by atoms with Gasteiger partial charge in [-0.1, -0.05) is 98.3 Å². The summed E-state index contributed by atoms with van der Waals surface area (Å²) in [4.78, 5) is 48.4. The van der Waals surface area contributed by atoms with Crippen LogP contribution in [0.25, 0.3) is 0 Å². The summed E-state index contributed by atoms with van der Waals surface area (Å²) in [6.07, 6.45) is 3.67. The molecule has 0 aromatic heterocycles. The van der Waals surface area contributed by atoms with Crippen LogP contribution < -0.4 is 4.90 Å². The van der Waals surface area contributed by atoms with Gasteiger partial charge >= 0.3 is 0 Å². The molecule has 250 valence electrons. The molecule has 2 saturated heterocycles. The number of hydrogen-bond donors (Lipinski definition) is 0. The predicted molar refractivity (Wildman–Crippen MR) is 183 cm³/mol. The molecule has 4 aliphatic carbocycles. The van der Waals surface area contributed by atoms with Gasteiger partial charge in [0.15, 0.2) is 11.9 Å². The van der Waals surface area contributed by atoms with Crippen molar-refractivity contribution in [1.29, 1.82) is 0 Å². The summed E-state index contributed by atoms with van der Waals surface area (Å²) in [6, 6.07) is 26.3. The number of piperidine rings is 2. The second kappa shape index (κ2) is 10.1. The molecule has 8 bridgehead atoms. The first-order chi connectivity index (χ1) is 23.5. The van der Waals surface area contributed by atoms with E-state index in [4.69, 9.17) is 0 Å². The maximum Gasteiger partial charge on any atom is 0.276 e. The van der Waals surface area contributed by atoms with Gasteiger partial charge in [0.25, 0.3) is 11.1 Å². The van der Waals surface area contributed by atoms with E-state index in [1.165, 1.54) is 0 Å². The number of anilines is 1. The maximum atomic E-state index is 14.6. The first-order valence-corrected chi connectivity index (χ1v) is 17.2. The lowest BCUT2D eigenvalue weighted by atomic mass is 9.32. The number of aryl methyl sites for hydroxylation is 1. The van der Waals surface area contributed by atoms with E-state index in [-0.39, 0.29) is 27.5 Å². The van der Waals surface area contributed by atoms with Crippen LogP contribution in [0.3, 0.4) is 0 Å². The Labute approximate surface area is 285 Å². The zero-order valence-electron chi connectivity index (χ0n) is 27.8. The first kappa shape index (κ1) is 30.2. The van der Waals surface area contributed by atoms with Crippen LogP contribution in [0, 0.1) is 50.3 Å². The molecule has 0 unspecified atom stereocenters. The van der Waals surface area contributed by atoms with Gasteiger partial charge in [0, 0.05) is 52.2 Å². The molecule has 0 N–H and O–H groups in total. The van der Waals surface area contributed by atoms with E-state index >= 15 is 0 Å². The van der Waals surface area contributed by atoms with Crippen LogP contribution >= 0.6 is 0 Å². The molecule has 8 aliphatic rings. The summed E-state index contributed by atoms with van der Waals surface area (Å²) < 4.78 is 0. The highest BCUT2D eigenvalue weighted by molar-refractivity contribution is 6.00. The second-order valence-corrected chi connectivity index (χ2v) is 15.7. The van der Waals surface area contributed by atoms with Gasteiger partial charge in [0.2, 0.25) is 0 Å². The molecular formula is C39H39N5O5. The average molecular weight is 658 g/mol. The number of carbonyl (C=O) groups is 1. The van der Waals surface area contributed by atoms with E-state index in [0.29, 0.717) is 25.1 Å². The number of hydrogen-bond acceptors (Lipinski definition) is 8. The third-order valence-corrected chi connectivity index (χ3v) is 12.6. The van der Waals surface area contributed by atoms with Crippen molar-refractivity contribution < 1.29 is 14.6 Å². The van der Waals surface area contributed by atoms with Crippen molar-refractivity contribution in [3.8, 4) is 0 Å². The molecule has 3 aromatic rings. The molecule has 10 heteroatoms. The van der Waals surface area contributed by atoms with Gasteiger partial charge in [-0.25, -0.2) is 0 Å². The summed E-state index contributed by atoms with van der Waals surface area (Å²) in [6.45, 7) is 6.93. The molecule has 3 aromatic carbocycles. The summed E-state index contributed by atoms with van der Waals surface area (Å²) in [5.74, 6) is -2.34. The fourth-order valence-electron chi connectivity index (χ4n) is 11.1. The largest absolute Gasteiger partial charge is 0.363 e. The van der Waals surface area contributed by atoms with Crippen molar-refractivity contribution in [2.75, 3.05) is 4.90 Å². The first-order valence-electron chi connectivity index (χ1n) is 17.2. The minimum atomic E-state index is -1.84. The lowest BCUT2D eigenvalue weighted by molar-refractivity contribution is -0.703. The van der Waals surface area contributed by atoms with Crippen molar-refractivity contribution in [3.05, 3.63) is 145 Å². The van der Waals surface area contributed by atoms with Gasteiger partial charge in [-0.3, -0.25) is 29.9 Å². The number of nitrogens with zero attached hydrogens (tertiary/aromatic N) is 5. The number of Topliss-reactive ketones (excluding diaryl/α,β-unsaturated/α-hetero) is 1.